The van der Waals surface area contributed by atoms with E-state index in [9.17, 15) is 9.59 Å². The number of benzene rings is 7. The van der Waals surface area contributed by atoms with Crippen LogP contribution in [0.4, 0.5) is 11.4 Å². The van der Waals surface area contributed by atoms with Crippen molar-refractivity contribution in [2.24, 2.45) is 0 Å². The van der Waals surface area contributed by atoms with Gasteiger partial charge in [-0.05, 0) is 60.4 Å². The van der Waals surface area contributed by atoms with E-state index in [1.807, 2.05) is 60.7 Å². The summed E-state index contributed by atoms with van der Waals surface area (Å²) in [4.78, 5) is 29.7. The van der Waals surface area contributed by atoms with Crippen LogP contribution in [0.25, 0.3) is 21.5 Å². The van der Waals surface area contributed by atoms with Gasteiger partial charge in [-0.1, -0.05) is 147 Å². The molecule has 0 atom stereocenters. The zero-order valence-corrected chi connectivity index (χ0v) is 31.8. The van der Waals surface area contributed by atoms with E-state index in [1.54, 1.807) is 13.8 Å². The van der Waals surface area contributed by atoms with E-state index < -0.39 is 11.9 Å². The molecule has 6 nitrogen and oxygen atoms in total. The Hall–Kier alpha value is -6.92. The van der Waals surface area contributed by atoms with Crippen molar-refractivity contribution in [2.75, 3.05) is 9.80 Å². The van der Waals surface area contributed by atoms with Crippen molar-refractivity contribution in [3.05, 3.63) is 204 Å². The SMILES string of the molecule is C=C(C)C(=O)Oc1cccc2c(N(Cc3ccccc3)Cc3ccc(CN(Cc4ccccc4)c4cccc5c(OC(=O)C(=C)C)cccc45)cc3)cccc12. The topological polar surface area (TPSA) is 59.1 Å². The minimum Gasteiger partial charge on any atom is -0.423 e. The van der Waals surface area contributed by atoms with Gasteiger partial charge in [-0.15, -0.1) is 0 Å². The standard InChI is InChI=1S/C50H44N2O4/c1-35(2)49(53)55-47-25-13-19-41-43(47)21-11-23-45(41)51(31-37-15-7-5-8-16-37)33-39-27-29-40(30-28-39)34-52(32-38-17-9-6-10-18-38)46-24-12-22-44-42(46)20-14-26-48(44)56-50(54)36(3)4/h5-30H,1,3,31-34H2,2,4H3. The fourth-order valence-corrected chi connectivity index (χ4v) is 6.88. The highest BCUT2D eigenvalue weighted by Crippen LogP contribution is 2.36. The summed E-state index contributed by atoms with van der Waals surface area (Å²) in [5, 5.41) is 3.72. The third-order valence-corrected chi connectivity index (χ3v) is 9.70. The average molecular weight is 737 g/mol. The summed E-state index contributed by atoms with van der Waals surface area (Å²) in [7, 11) is 0. The van der Waals surface area contributed by atoms with Crippen LogP contribution in [-0.2, 0) is 35.8 Å². The Morgan fingerprint density at radius 1 is 0.411 bits per heavy atom. The number of anilines is 2. The summed E-state index contributed by atoms with van der Waals surface area (Å²) in [6.45, 7) is 13.5. The normalized spacial score (nSPS) is 10.9. The van der Waals surface area contributed by atoms with Gasteiger partial charge in [-0.25, -0.2) is 9.59 Å². The van der Waals surface area contributed by atoms with Crippen molar-refractivity contribution in [1.82, 2.24) is 0 Å². The maximum atomic E-state index is 12.5. The van der Waals surface area contributed by atoms with Crippen molar-refractivity contribution in [1.29, 1.82) is 0 Å². The molecule has 0 bridgehead atoms. The van der Waals surface area contributed by atoms with Crippen LogP contribution in [0, 0.1) is 0 Å². The molecule has 0 radical (unpaired) electrons. The van der Waals surface area contributed by atoms with E-state index in [-0.39, 0.29) is 0 Å². The molecule has 7 aromatic rings. The summed E-state index contributed by atoms with van der Waals surface area (Å²) in [5.74, 6) is 0.134. The summed E-state index contributed by atoms with van der Waals surface area (Å²) in [5.41, 5.74) is 7.49. The molecule has 0 saturated carbocycles. The average Bonchev–Trinajstić information content (AvgIpc) is 3.21. The molecule has 0 aliphatic carbocycles. The smallest absolute Gasteiger partial charge is 0.338 e. The van der Waals surface area contributed by atoms with Gasteiger partial charge < -0.3 is 19.3 Å². The van der Waals surface area contributed by atoms with Crippen molar-refractivity contribution in [2.45, 2.75) is 40.0 Å². The largest absolute Gasteiger partial charge is 0.423 e. The lowest BCUT2D eigenvalue weighted by Crippen LogP contribution is -2.23. The van der Waals surface area contributed by atoms with E-state index in [0.717, 1.165) is 44.0 Å². The van der Waals surface area contributed by atoms with Gasteiger partial charge in [0.25, 0.3) is 0 Å². The predicted octanol–water partition coefficient (Wildman–Crippen LogP) is 11.4. The number of hydrogen-bond donors (Lipinski definition) is 0. The van der Waals surface area contributed by atoms with Crippen LogP contribution in [0.5, 0.6) is 11.5 Å². The number of esters is 2. The monoisotopic (exact) mass is 736 g/mol. The second-order valence-corrected chi connectivity index (χ2v) is 14.1. The van der Waals surface area contributed by atoms with Crippen LogP contribution in [0.15, 0.2) is 182 Å². The lowest BCUT2D eigenvalue weighted by molar-refractivity contribution is -0.130. The minimum absolute atomic E-state index is 0.350. The van der Waals surface area contributed by atoms with E-state index in [4.69, 9.17) is 9.47 Å². The summed E-state index contributed by atoms with van der Waals surface area (Å²) in [6, 6.07) is 53.6. The molecular weight excluding hydrogens is 693 g/mol. The molecule has 278 valence electrons. The quantitative estimate of drug-likeness (QED) is 0.0629. The fourth-order valence-electron chi connectivity index (χ4n) is 6.88. The molecule has 56 heavy (non-hydrogen) atoms. The Labute approximate surface area is 328 Å². The van der Waals surface area contributed by atoms with Crippen LogP contribution in [0.1, 0.15) is 36.1 Å². The Morgan fingerprint density at radius 3 is 1.09 bits per heavy atom. The van der Waals surface area contributed by atoms with E-state index in [0.29, 0.717) is 48.8 Å². The zero-order chi connectivity index (χ0) is 39.0. The Bertz CT molecular complexity index is 2350. The Balaban J connectivity index is 1.20. The minimum atomic E-state index is -0.444. The first-order chi connectivity index (χ1) is 27.2. The number of carbonyl (C=O) groups is 2. The second kappa shape index (κ2) is 17.0. The van der Waals surface area contributed by atoms with Crippen molar-refractivity contribution < 1.29 is 19.1 Å². The molecule has 0 N–H and O–H groups in total. The number of rotatable bonds is 14. The number of fused-ring (bicyclic) bond motifs is 2. The third-order valence-electron chi connectivity index (χ3n) is 9.70. The van der Waals surface area contributed by atoms with Gasteiger partial charge in [0, 0.05) is 70.2 Å². The van der Waals surface area contributed by atoms with Crippen LogP contribution in [0.3, 0.4) is 0 Å². The first-order valence-electron chi connectivity index (χ1n) is 18.7. The highest BCUT2D eigenvalue weighted by atomic mass is 16.5. The first kappa shape index (κ1) is 37.4. The number of ether oxygens (including phenoxy) is 2. The maximum Gasteiger partial charge on any atom is 0.338 e. The van der Waals surface area contributed by atoms with Gasteiger partial charge in [-0.2, -0.15) is 0 Å². The van der Waals surface area contributed by atoms with Crippen LogP contribution in [0.2, 0.25) is 0 Å². The van der Waals surface area contributed by atoms with Crippen molar-refractivity contribution >= 4 is 44.9 Å². The van der Waals surface area contributed by atoms with Gasteiger partial charge in [0.2, 0.25) is 0 Å². The fraction of sp³-hybridized carbons (Fsp3) is 0.120. The van der Waals surface area contributed by atoms with Gasteiger partial charge in [0.1, 0.15) is 11.5 Å². The molecule has 0 aromatic heterocycles. The number of carbonyl (C=O) groups excluding carboxylic acids is 2. The molecule has 7 aromatic carbocycles. The maximum absolute atomic E-state index is 12.5. The number of nitrogens with zero attached hydrogens (tertiary/aromatic N) is 2. The van der Waals surface area contributed by atoms with Gasteiger partial charge in [0.15, 0.2) is 0 Å². The molecular formula is C50H44N2O4. The molecule has 0 saturated heterocycles. The number of hydrogen-bond acceptors (Lipinski definition) is 6. The van der Waals surface area contributed by atoms with Crippen LogP contribution in [-0.4, -0.2) is 11.9 Å². The zero-order valence-electron chi connectivity index (χ0n) is 31.8. The van der Waals surface area contributed by atoms with Crippen molar-refractivity contribution in [3.8, 4) is 11.5 Å². The summed E-state index contributed by atoms with van der Waals surface area (Å²) in [6.07, 6.45) is 0. The van der Waals surface area contributed by atoms with E-state index >= 15 is 0 Å². The Kier molecular flexibility index (Phi) is 11.4. The third kappa shape index (κ3) is 8.72. The second-order valence-electron chi connectivity index (χ2n) is 14.1. The van der Waals surface area contributed by atoms with Gasteiger partial charge in [-0.3, -0.25) is 0 Å². The molecule has 0 heterocycles. The van der Waals surface area contributed by atoms with E-state index in [1.165, 1.54) is 11.1 Å². The Morgan fingerprint density at radius 2 is 0.732 bits per heavy atom. The van der Waals surface area contributed by atoms with Gasteiger partial charge in [0.05, 0.1) is 0 Å². The molecule has 0 amide bonds. The molecule has 6 heteroatoms. The molecule has 0 spiro atoms. The predicted molar refractivity (Wildman–Crippen MR) is 228 cm³/mol. The highest BCUT2D eigenvalue weighted by Gasteiger charge is 2.18. The van der Waals surface area contributed by atoms with Crippen LogP contribution < -0.4 is 19.3 Å². The van der Waals surface area contributed by atoms with Crippen LogP contribution >= 0.6 is 0 Å². The molecule has 0 aliphatic rings. The van der Waals surface area contributed by atoms with E-state index in [2.05, 4.69) is 120 Å². The van der Waals surface area contributed by atoms with Gasteiger partial charge >= 0.3 is 11.9 Å². The lowest BCUT2D eigenvalue weighted by Gasteiger charge is -2.28. The summed E-state index contributed by atoms with van der Waals surface area (Å²) >= 11 is 0. The first-order valence-corrected chi connectivity index (χ1v) is 18.7. The van der Waals surface area contributed by atoms with Crippen molar-refractivity contribution in [3.63, 3.8) is 0 Å². The molecule has 0 aliphatic heterocycles. The molecule has 0 fully saturated rings. The molecule has 7 rings (SSSR count). The summed E-state index contributed by atoms with van der Waals surface area (Å²) < 4.78 is 11.5. The molecule has 0 unspecified atom stereocenters. The lowest BCUT2D eigenvalue weighted by atomic mass is 10.0. The highest BCUT2D eigenvalue weighted by molar-refractivity contribution is 6.01.